The van der Waals surface area contributed by atoms with Crippen LogP contribution in [-0.2, 0) is 0 Å². The maximum Gasteiger partial charge on any atom is 0.0600 e. The highest BCUT2D eigenvalue weighted by Crippen LogP contribution is 2.26. The van der Waals surface area contributed by atoms with Crippen LogP contribution in [0.3, 0.4) is 0 Å². The van der Waals surface area contributed by atoms with Crippen LogP contribution < -0.4 is 10.6 Å². The van der Waals surface area contributed by atoms with E-state index in [4.69, 9.17) is 5.73 Å². The zero-order valence-electron chi connectivity index (χ0n) is 10.2. The Morgan fingerprint density at radius 1 is 1.31 bits per heavy atom. The summed E-state index contributed by atoms with van der Waals surface area (Å²) in [6.07, 6.45) is 2.54. The van der Waals surface area contributed by atoms with Crippen LogP contribution in [0.5, 0.6) is 0 Å². The second-order valence-electron chi connectivity index (χ2n) is 4.76. The third-order valence-electron chi connectivity index (χ3n) is 3.40. The summed E-state index contributed by atoms with van der Waals surface area (Å²) in [5, 5.41) is 0. The monoisotopic (exact) mass is 219 g/mol. The molecule has 3 heteroatoms. The number of hydrogen-bond donors (Lipinski definition) is 1. The van der Waals surface area contributed by atoms with Crippen molar-refractivity contribution in [3.05, 3.63) is 24.3 Å². The van der Waals surface area contributed by atoms with Crippen LogP contribution >= 0.6 is 0 Å². The first-order valence-corrected chi connectivity index (χ1v) is 5.94. The average Bonchev–Trinajstić information content (AvgIpc) is 2.30. The highest BCUT2D eigenvalue weighted by molar-refractivity contribution is 5.67. The minimum atomic E-state index is 0.647. The van der Waals surface area contributed by atoms with Crippen molar-refractivity contribution in [3.63, 3.8) is 0 Å². The number of piperidine rings is 1. The van der Waals surface area contributed by atoms with Gasteiger partial charge in [0, 0.05) is 19.1 Å². The van der Waals surface area contributed by atoms with Crippen molar-refractivity contribution >= 4 is 11.4 Å². The molecular formula is C13H21N3. The molecular weight excluding hydrogens is 198 g/mol. The van der Waals surface area contributed by atoms with E-state index in [1.165, 1.54) is 18.5 Å². The fourth-order valence-corrected chi connectivity index (χ4v) is 2.37. The second-order valence-corrected chi connectivity index (χ2v) is 4.76. The minimum absolute atomic E-state index is 0.647. The Bertz CT molecular complexity index is 349. The molecule has 1 atom stereocenters. The van der Waals surface area contributed by atoms with Gasteiger partial charge in [0.05, 0.1) is 11.4 Å². The molecule has 0 aliphatic carbocycles. The van der Waals surface area contributed by atoms with Gasteiger partial charge in [0.15, 0.2) is 0 Å². The van der Waals surface area contributed by atoms with Gasteiger partial charge >= 0.3 is 0 Å². The number of nitrogens with two attached hydrogens (primary N) is 1. The number of nitrogen functional groups attached to an aromatic ring is 1. The van der Waals surface area contributed by atoms with E-state index in [1.54, 1.807) is 0 Å². The summed E-state index contributed by atoms with van der Waals surface area (Å²) in [7, 11) is 4.31. The number of nitrogens with zero attached hydrogens (tertiary/aromatic N) is 2. The van der Waals surface area contributed by atoms with Gasteiger partial charge < -0.3 is 15.5 Å². The smallest absolute Gasteiger partial charge is 0.0600 e. The summed E-state index contributed by atoms with van der Waals surface area (Å²) in [6, 6.07) is 8.80. The van der Waals surface area contributed by atoms with Gasteiger partial charge in [-0.2, -0.15) is 0 Å². The minimum Gasteiger partial charge on any atom is -0.397 e. The molecule has 1 unspecified atom stereocenters. The Balaban J connectivity index is 2.13. The molecule has 0 amide bonds. The molecule has 2 rings (SSSR count). The Hall–Kier alpha value is -1.22. The van der Waals surface area contributed by atoms with E-state index < -0.39 is 0 Å². The molecule has 1 fully saturated rings. The quantitative estimate of drug-likeness (QED) is 0.770. The van der Waals surface area contributed by atoms with Crippen molar-refractivity contribution in [2.75, 3.05) is 37.8 Å². The number of hydrogen-bond acceptors (Lipinski definition) is 3. The van der Waals surface area contributed by atoms with Gasteiger partial charge in [-0.25, -0.2) is 0 Å². The van der Waals surface area contributed by atoms with Crippen LogP contribution in [0.1, 0.15) is 12.8 Å². The number of rotatable bonds is 2. The molecule has 2 N–H and O–H groups in total. The first kappa shape index (κ1) is 11.3. The van der Waals surface area contributed by atoms with E-state index in [2.05, 4.69) is 36.0 Å². The Kier molecular flexibility index (Phi) is 3.34. The Morgan fingerprint density at radius 2 is 2.06 bits per heavy atom. The molecule has 16 heavy (non-hydrogen) atoms. The largest absolute Gasteiger partial charge is 0.397 e. The van der Waals surface area contributed by atoms with Crippen molar-refractivity contribution in [2.45, 2.75) is 18.9 Å². The molecule has 0 saturated carbocycles. The predicted molar refractivity (Wildman–Crippen MR) is 69.8 cm³/mol. The second kappa shape index (κ2) is 4.74. The van der Waals surface area contributed by atoms with Crippen molar-refractivity contribution in [2.24, 2.45) is 0 Å². The third-order valence-corrected chi connectivity index (χ3v) is 3.40. The van der Waals surface area contributed by atoms with Crippen molar-refractivity contribution in [3.8, 4) is 0 Å². The van der Waals surface area contributed by atoms with Crippen LogP contribution in [0.25, 0.3) is 0 Å². The fourth-order valence-electron chi connectivity index (χ4n) is 2.37. The van der Waals surface area contributed by atoms with Crippen molar-refractivity contribution in [1.29, 1.82) is 0 Å². The van der Waals surface area contributed by atoms with Crippen molar-refractivity contribution in [1.82, 2.24) is 4.90 Å². The van der Waals surface area contributed by atoms with Gasteiger partial charge in [0.2, 0.25) is 0 Å². The highest BCUT2D eigenvalue weighted by Gasteiger charge is 2.22. The molecule has 1 saturated heterocycles. The van der Waals surface area contributed by atoms with E-state index in [-0.39, 0.29) is 0 Å². The highest BCUT2D eigenvalue weighted by atomic mass is 15.2. The summed E-state index contributed by atoms with van der Waals surface area (Å²) in [6.45, 7) is 2.21. The maximum absolute atomic E-state index is 6.02. The van der Waals surface area contributed by atoms with Crippen LogP contribution in [-0.4, -0.2) is 38.1 Å². The summed E-state index contributed by atoms with van der Waals surface area (Å²) >= 11 is 0. The summed E-state index contributed by atoms with van der Waals surface area (Å²) in [4.78, 5) is 4.72. The maximum atomic E-state index is 6.02. The van der Waals surface area contributed by atoms with E-state index in [9.17, 15) is 0 Å². The van der Waals surface area contributed by atoms with Crippen LogP contribution in [0, 0.1) is 0 Å². The molecule has 1 heterocycles. The summed E-state index contributed by atoms with van der Waals surface area (Å²) in [5.41, 5.74) is 8.10. The van der Waals surface area contributed by atoms with Crippen molar-refractivity contribution < 1.29 is 0 Å². The van der Waals surface area contributed by atoms with Gasteiger partial charge in [0.1, 0.15) is 0 Å². The molecule has 0 bridgehead atoms. The van der Waals surface area contributed by atoms with E-state index in [1.807, 2.05) is 12.1 Å². The van der Waals surface area contributed by atoms with Crippen LogP contribution in [0.4, 0.5) is 11.4 Å². The molecule has 1 aliphatic rings. The molecule has 1 aromatic carbocycles. The zero-order valence-corrected chi connectivity index (χ0v) is 10.2. The number of benzene rings is 1. The van der Waals surface area contributed by atoms with Gasteiger partial charge in [0.25, 0.3) is 0 Å². The standard InChI is InChI=1S/C13H21N3/c1-15(2)11-6-5-9-16(10-11)13-8-4-3-7-12(13)14/h3-4,7-8,11H,5-6,9-10,14H2,1-2H3. The molecule has 0 radical (unpaired) electrons. The summed E-state index contributed by atoms with van der Waals surface area (Å²) in [5.74, 6) is 0. The fraction of sp³-hybridized carbons (Fsp3) is 0.538. The normalized spacial score (nSPS) is 21.4. The number of para-hydroxylation sites is 2. The molecule has 1 aromatic rings. The lowest BCUT2D eigenvalue weighted by atomic mass is 10.0. The van der Waals surface area contributed by atoms with Crippen LogP contribution in [0.15, 0.2) is 24.3 Å². The molecule has 88 valence electrons. The van der Waals surface area contributed by atoms with Gasteiger partial charge in [-0.15, -0.1) is 0 Å². The van der Waals surface area contributed by atoms with Gasteiger partial charge in [-0.1, -0.05) is 12.1 Å². The number of anilines is 2. The molecule has 1 aliphatic heterocycles. The first-order valence-electron chi connectivity index (χ1n) is 5.94. The van der Waals surface area contributed by atoms with E-state index in [0.29, 0.717) is 6.04 Å². The predicted octanol–water partition coefficient (Wildman–Crippen LogP) is 1.80. The molecule has 0 spiro atoms. The average molecular weight is 219 g/mol. The lowest BCUT2D eigenvalue weighted by Gasteiger charge is -2.37. The lowest BCUT2D eigenvalue weighted by molar-refractivity contribution is 0.258. The van der Waals surface area contributed by atoms with Gasteiger partial charge in [-0.3, -0.25) is 0 Å². The Morgan fingerprint density at radius 3 is 2.75 bits per heavy atom. The lowest BCUT2D eigenvalue weighted by Crippen LogP contribution is -2.45. The zero-order chi connectivity index (χ0) is 11.5. The molecule has 0 aromatic heterocycles. The number of likely N-dealkylation sites (N-methyl/N-ethyl adjacent to an activating group) is 1. The molecule has 3 nitrogen and oxygen atoms in total. The topological polar surface area (TPSA) is 32.5 Å². The summed E-state index contributed by atoms with van der Waals surface area (Å²) < 4.78 is 0. The van der Waals surface area contributed by atoms with E-state index in [0.717, 1.165) is 18.8 Å². The van der Waals surface area contributed by atoms with Gasteiger partial charge in [-0.05, 0) is 39.1 Å². The third kappa shape index (κ3) is 2.30. The van der Waals surface area contributed by atoms with Crippen LogP contribution in [0.2, 0.25) is 0 Å². The SMILES string of the molecule is CN(C)C1CCCN(c2ccccc2N)C1. The first-order chi connectivity index (χ1) is 7.68. The Labute approximate surface area is 97.8 Å². The van der Waals surface area contributed by atoms with E-state index >= 15 is 0 Å².